The summed E-state index contributed by atoms with van der Waals surface area (Å²) in [4.78, 5) is 39.3. The van der Waals surface area contributed by atoms with E-state index in [1.165, 1.54) is 4.90 Å². The summed E-state index contributed by atoms with van der Waals surface area (Å²) in [5.41, 5.74) is 6.84. The number of imide groups is 1. The highest BCUT2D eigenvalue weighted by Gasteiger charge is 2.45. The van der Waals surface area contributed by atoms with E-state index in [9.17, 15) is 14.4 Å². The Balaban J connectivity index is 1.92. The molecule has 1 atom stereocenters. The Morgan fingerprint density at radius 3 is 2.16 bits per heavy atom. The number of urea groups is 1. The van der Waals surface area contributed by atoms with Crippen molar-refractivity contribution < 1.29 is 14.4 Å². The first-order valence-electron chi connectivity index (χ1n) is 8.07. The Morgan fingerprint density at radius 1 is 0.960 bits per heavy atom. The largest absolute Gasteiger partial charge is 0.370 e. The fourth-order valence-corrected chi connectivity index (χ4v) is 2.97. The third-order valence-electron chi connectivity index (χ3n) is 4.18. The van der Waals surface area contributed by atoms with Crippen molar-refractivity contribution in [2.75, 3.05) is 6.54 Å². The minimum atomic E-state index is -0.693. The lowest BCUT2D eigenvalue weighted by Crippen LogP contribution is -2.35. The molecular formula is C19H19N3O3. The van der Waals surface area contributed by atoms with E-state index in [-0.39, 0.29) is 18.9 Å². The number of carbonyl (C=O) groups is 3. The van der Waals surface area contributed by atoms with Crippen molar-refractivity contribution in [2.45, 2.75) is 19.0 Å². The topological polar surface area (TPSA) is 83.7 Å². The summed E-state index contributed by atoms with van der Waals surface area (Å²) in [6.45, 7) is 0.319. The van der Waals surface area contributed by atoms with Gasteiger partial charge in [0.25, 0.3) is 5.91 Å². The van der Waals surface area contributed by atoms with Gasteiger partial charge in [-0.2, -0.15) is 0 Å². The van der Waals surface area contributed by atoms with E-state index in [0.717, 1.165) is 16.0 Å². The van der Waals surface area contributed by atoms with Crippen LogP contribution in [0.4, 0.5) is 4.79 Å². The molecule has 0 bridgehead atoms. The van der Waals surface area contributed by atoms with Crippen molar-refractivity contribution in [1.29, 1.82) is 0 Å². The lowest BCUT2D eigenvalue weighted by Gasteiger charge is -2.22. The average Bonchev–Trinajstić information content (AvgIpc) is 2.85. The van der Waals surface area contributed by atoms with Crippen molar-refractivity contribution in [3.8, 4) is 0 Å². The van der Waals surface area contributed by atoms with Crippen LogP contribution in [0.15, 0.2) is 60.7 Å². The molecule has 1 fully saturated rings. The van der Waals surface area contributed by atoms with Crippen molar-refractivity contribution >= 4 is 17.8 Å². The van der Waals surface area contributed by atoms with Gasteiger partial charge >= 0.3 is 6.03 Å². The molecule has 6 heteroatoms. The zero-order valence-corrected chi connectivity index (χ0v) is 13.7. The first kappa shape index (κ1) is 16.7. The minimum Gasteiger partial charge on any atom is -0.370 e. The fourth-order valence-electron chi connectivity index (χ4n) is 2.97. The van der Waals surface area contributed by atoms with Gasteiger partial charge in [0.1, 0.15) is 6.04 Å². The van der Waals surface area contributed by atoms with Gasteiger partial charge in [-0.25, -0.2) is 4.79 Å². The van der Waals surface area contributed by atoms with Gasteiger partial charge in [-0.3, -0.25) is 14.5 Å². The van der Waals surface area contributed by atoms with Gasteiger partial charge < -0.3 is 10.6 Å². The maximum absolute atomic E-state index is 12.8. The number of amides is 4. The summed E-state index contributed by atoms with van der Waals surface area (Å²) in [6.07, 6.45) is -0.0435. The molecule has 0 aliphatic carbocycles. The van der Waals surface area contributed by atoms with E-state index in [1.54, 1.807) is 0 Å². The van der Waals surface area contributed by atoms with Gasteiger partial charge in [0.05, 0.1) is 0 Å². The Bertz CT molecular complexity index is 777. The van der Waals surface area contributed by atoms with Crippen LogP contribution in [0, 0.1) is 0 Å². The molecule has 1 saturated heterocycles. The van der Waals surface area contributed by atoms with Gasteiger partial charge in [-0.1, -0.05) is 60.7 Å². The fraction of sp³-hybridized carbons (Fsp3) is 0.211. The molecule has 1 aliphatic rings. The number of primary amides is 1. The average molecular weight is 337 g/mol. The van der Waals surface area contributed by atoms with Crippen LogP contribution in [0.2, 0.25) is 0 Å². The molecule has 0 aromatic heterocycles. The van der Waals surface area contributed by atoms with Crippen LogP contribution < -0.4 is 5.73 Å². The summed E-state index contributed by atoms with van der Waals surface area (Å²) in [6, 6.07) is 17.6. The zero-order valence-electron chi connectivity index (χ0n) is 13.7. The third kappa shape index (κ3) is 3.52. The molecule has 25 heavy (non-hydrogen) atoms. The van der Waals surface area contributed by atoms with Crippen LogP contribution in [-0.4, -0.2) is 34.2 Å². The summed E-state index contributed by atoms with van der Waals surface area (Å²) in [7, 11) is 0. The highest BCUT2D eigenvalue weighted by molar-refractivity contribution is 6.04. The van der Waals surface area contributed by atoms with Crippen LogP contribution in [0.3, 0.4) is 0 Å². The normalized spacial score (nSPS) is 17.2. The molecule has 0 saturated carbocycles. The van der Waals surface area contributed by atoms with E-state index in [1.807, 2.05) is 60.7 Å². The standard InChI is InChI=1S/C19H19N3O3/c20-16(23)11-12-21-18(24)17(15-9-5-2-6-10-15)22(19(21)25)13-14-7-3-1-4-8-14/h1-10,17H,11-13H2,(H2,20,23)/t17-/m0/s1. The van der Waals surface area contributed by atoms with Crippen molar-refractivity contribution in [3.63, 3.8) is 0 Å². The predicted octanol–water partition coefficient (Wildman–Crippen LogP) is 2.07. The second kappa shape index (κ2) is 7.17. The van der Waals surface area contributed by atoms with Crippen molar-refractivity contribution in [1.82, 2.24) is 9.80 Å². The SMILES string of the molecule is NC(=O)CCN1C(=O)[C@H](c2ccccc2)N(Cc2ccccc2)C1=O. The molecule has 128 valence electrons. The Morgan fingerprint density at radius 2 is 1.56 bits per heavy atom. The number of rotatable bonds is 6. The first-order valence-corrected chi connectivity index (χ1v) is 8.07. The summed E-state index contributed by atoms with van der Waals surface area (Å²) in [5.74, 6) is -0.869. The van der Waals surface area contributed by atoms with E-state index in [4.69, 9.17) is 5.73 Å². The Kier molecular flexibility index (Phi) is 4.79. The maximum atomic E-state index is 12.8. The van der Waals surface area contributed by atoms with Crippen LogP contribution >= 0.6 is 0 Å². The first-order chi connectivity index (χ1) is 12.1. The molecule has 6 nitrogen and oxygen atoms in total. The molecule has 0 unspecified atom stereocenters. The van der Waals surface area contributed by atoms with Gasteiger partial charge in [0.2, 0.25) is 5.91 Å². The molecule has 2 N–H and O–H groups in total. The highest BCUT2D eigenvalue weighted by atomic mass is 16.2. The predicted molar refractivity (Wildman–Crippen MR) is 92.1 cm³/mol. The Hall–Kier alpha value is -3.15. The van der Waals surface area contributed by atoms with Gasteiger partial charge in [0, 0.05) is 19.5 Å². The molecule has 0 radical (unpaired) electrons. The highest BCUT2D eigenvalue weighted by Crippen LogP contribution is 2.32. The van der Waals surface area contributed by atoms with Crippen LogP contribution in [-0.2, 0) is 16.1 Å². The lowest BCUT2D eigenvalue weighted by atomic mass is 10.1. The molecule has 2 aromatic rings. The second-order valence-electron chi connectivity index (χ2n) is 5.92. The zero-order chi connectivity index (χ0) is 17.8. The van der Waals surface area contributed by atoms with Gasteiger partial charge in [-0.15, -0.1) is 0 Å². The van der Waals surface area contributed by atoms with Gasteiger partial charge in [-0.05, 0) is 11.1 Å². The van der Waals surface area contributed by atoms with Crippen LogP contribution in [0.5, 0.6) is 0 Å². The summed E-state index contributed by atoms with van der Waals surface area (Å²) in [5, 5.41) is 0. The van der Waals surface area contributed by atoms with Crippen LogP contribution in [0.25, 0.3) is 0 Å². The monoisotopic (exact) mass is 337 g/mol. The minimum absolute atomic E-state index is 0.00161. The number of hydrogen-bond acceptors (Lipinski definition) is 3. The number of nitrogens with two attached hydrogens (primary N) is 1. The number of hydrogen-bond donors (Lipinski definition) is 1. The Labute approximate surface area is 145 Å². The smallest absolute Gasteiger partial charge is 0.328 e. The quantitative estimate of drug-likeness (QED) is 0.819. The van der Waals surface area contributed by atoms with E-state index in [0.29, 0.717) is 6.54 Å². The maximum Gasteiger partial charge on any atom is 0.328 e. The molecule has 1 aliphatic heterocycles. The molecule has 0 spiro atoms. The number of benzene rings is 2. The summed E-state index contributed by atoms with van der Waals surface area (Å²) >= 11 is 0. The van der Waals surface area contributed by atoms with E-state index >= 15 is 0 Å². The molecule has 1 heterocycles. The van der Waals surface area contributed by atoms with Crippen molar-refractivity contribution in [2.24, 2.45) is 5.73 Å². The second-order valence-corrected chi connectivity index (χ2v) is 5.92. The summed E-state index contributed by atoms with van der Waals surface area (Å²) < 4.78 is 0. The van der Waals surface area contributed by atoms with E-state index in [2.05, 4.69) is 0 Å². The number of nitrogens with zero attached hydrogens (tertiary/aromatic N) is 2. The molecule has 2 aromatic carbocycles. The molecule has 4 amide bonds. The van der Waals surface area contributed by atoms with Crippen molar-refractivity contribution in [3.05, 3.63) is 71.8 Å². The van der Waals surface area contributed by atoms with Crippen LogP contribution in [0.1, 0.15) is 23.6 Å². The molecular weight excluding hydrogens is 318 g/mol. The van der Waals surface area contributed by atoms with Gasteiger partial charge in [0.15, 0.2) is 0 Å². The lowest BCUT2D eigenvalue weighted by molar-refractivity contribution is -0.128. The third-order valence-corrected chi connectivity index (χ3v) is 4.18. The molecule has 3 rings (SSSR count). The number of carbonyl (C=O) groups excluding carboxylic acids is 3. The van der Waals surface area contributed by atoms with E-state index < -0.39 is 18.0 Å².